The van der Waals surface area contributed by atoms with E-state index < -0.39 is 0 Å². The molecular weight excluding hydrogens is 150 g/mol. The summed E-state index contributed by atoms with van der Waals surface area (Å²) in [7, 11) is 0. The number of aliphatic imine (C=N–C) groups is 1. The highest BCUT2D eigenvalue weighted by molar-refractivity contribution is 5.59. The Morgan fingerprint density at radius 2 is 2.08 bits per heavy atom. The maximum absolute atomic E-state index is 9.99. The van der Waals surface area contributed by atoms with E-state index in [4.69, 9.17) is 0 Å². The molecule has 2 nitrogen and oxygen atoms in total. The summed E-state index contributed by atoms with van der Waals surface area (Å²) in [5.74, 6) is 5.58. The zero-order chi connectivity index (χ0) is 8.81. The van der Waals surface area contributed by atoms with E-state index in [2.05, 4.69) is 16.8 Å². The number of nitrogens with zero attached hydrogens (tertiary/aromatic N) is 1. The predicted molar refractivity (Wildman–Crippen MR) is 46.8 cm³/mol. The van der Waals surface area contributed by atoms with Crippen LogP contribution in [0, 0.1) is 11.8 Å². The molecule has 0 N–H and O–H groups in total. The minimum atomic E-state index is 0.571. The standard InChI is InChI=1S/C10H7NO/c1-2-5-9-6-3-4-7-10(9)11-8-12/h3-4,6-7H,1H3. The highest BCUT2D eigenvalue weighted by Gasteiger charge is 1.94. The van der Waals surface area contributed by atoms with Crippen molar-refractivity contribution in [3.05, 3.63) is 29.8 Å². The molecule has 0 radical (unpaired) electrons. The molecule has 0 saturated carbocycles. The number of benzene rings is 1. The summed E-state index contributed by atoms with van der Waals surface area (Å²) < 4.78 is 0. The van der Waals surface area contributed by atoms with Crippen LogP contribution in [-0.4, -0.2) is 6.08 Å². The van der Waals surface area contributed by atoms with E-state index in [1.807, 2.05) is 12.1 Å². The Morgan fingerprint density at radius 3 is 2.75 bits per heavy atom. The molecule has 0 saturated heterocycles. The van der Waals surface area contributed by atoms with Gasteiger partial charge in [-0.1, -0.05) is 18.1 Å². The first-order chi connectivity index (χ1) is 5.88. The first-order valence-corrected chi connectivity index (χ1v) is 3.48. The average Bonchev–Trinajstić information content (AvgIpc) is 2.09. The molecule has 1 aromatic rings. The summed E-state index contributed by atoms with van der Waals surface area (Å²) in [5, 5.41) is 0. The zero-order valence-electron chi connectivity index (χ0n) is 6.66. The van der Waals surface area contributed by atoms with Crippen LogP contribution >= 0.6 is 0 Å². The maximum Gasteiger partial charge on any atom is 0.240 e. The van der Waals surface area contributed by atoms with E-state index in [-0.39, 0.29) is 0 Å². The summed E-state index contributed by atoms with van der Waals surface area (Å²) in [6, 6.07) is 7.19. The Kier molecular flexibility index (Phi) is 2.84. The largest absolute Gasteiger partial charge is 0.240 e. The molecule has 0 aromatic heterocycles. The SMILES string of the molecule is CC#Cc1ccccc1N=C=O. The van der Waals surface area contributed by atoms with Crippen molar-refractivity contribution in [3.63, 3.8) is 0 Å². The first-order valence-electron chi connectivity index (χ1n) is 3.48. The van der Waals surface area contributed by atoms with Crippen LogP contribution in [-0.2, 0) is 4.79 Å². The lowest BCUT2D eigenvalue weighted by molar-refractivity contribution is 0.565. The predicted octanol–water partition coefficient (Wildman–Crippen LogP) is 2.03. The molecule has 0 aliphatic rings. The van der Waals surface area contributed by atoms with Crippen molar-refractivity contribution in [3.8, 4) is 11.8 Å². The lowest BCUT2D eigenvalue weighted by Gasteiger charge is -1.92. The fraction of sp³-hybridized carbons (Fsp3) is 0.100. The van der Waals surface area contributed by atoms with Crippen molar-refractivity contribution in [2.24, 2.45) is 4.99 Å². The highest BCUT2D eigenvalue weighted by atomic mass is 16.1. The minimum Gasteiger partial charge on any atom is -0.211 e. The number of hydrogen-bond acceptors (Lipinski definition) is 2. The summed E-state index contributed by atoms with van der Waals surface area (Å²) in [4.78, 5) is 13.5. The van der Waals surface area contributed by atoms with Crippen molar-refractivity contribution in [2.75, 3.05) is 0 Å². The van der Waals surface area contributed by atoms with Crippen LogP contribution in [0.2, 0.25) is 0 Å². The lowest BCUT2D eigenvalue weighted by Crippen LogP contribution is -1.73. The van der Waals surface area contributed by atoms with Gasteiger partial charge in [0.25, 0.3) is 0 Å². The number of rotatable bonds is 1. The van der Waals surface area contributed by atoms with Gasteiger partial charge >= 0.3 is 0 Å². The molecule has 12 heavy (non-hydrogen) atoms. The van der Waals surface area contributed by atoms with E-state index in [0.717, 1.165) is 5.56 Å². The maximum atomic E-state index is 9.99. The lowest BCUT2D eigenvalue weighted by atomic mass is 10.2. The Hall–Kier alpha value is -1.84. The molecule has 0 aliphatic carbocycles. The topological polar surface area (TPSA) is 29.4 Å². The molecule has 0 unspecified atom stereocenters. The molecule has 1 rings (SSSR count). The Bertz CT molecular complexity index is 378. The van der Waals surface area contributed by atoms with Crippen LogP contribution in [0.15, 0.2) is 29.3 Å². The average molecular weight is 157 g/mol. The van der Waals surface area contributed by atoms with E-state index in [1.165, 1.54) is 6.08 Å². The van der Waals surface area contributed by atoms with E-state index in [1.54, 1.807) is 19.1 Å². The molecule has 0 heterocycles. The summed E-state index contributed by atoms with van der Waals surface area (Å²) in [6.07, 6.45) is 1.49. The second-order valence-electron chi connectivity index (χ2n) is 2.10. The second-order valence-corrected chi connectivity index (χ2v) is 2.10. The quantitative estimate of drug-likeness (QED) is 0.348. The molecular formula is C10H7NO. The molecule has 2 heteroatoms. The Morgan fingerprint density at radius 1 is 1.33 bits per heavy atom. The van der Waals surface area contributed by atoms with Gasteiger partial charge in [-0.25, -0.2) is 4.79 Å². The fourth-order valence-corrected chi connectivity index (χ4v) is 0.861. The monoisotopic (exact) mass is 157 g/mol. The number of hydrogen-bond donors (Lipinski definition) is 0. The second kappa shape index (κ2) is 4.12. The van der Waals surface area contributed by atoms with Crippen LogP contribution in [0.25, 0.3) is 0 Å². The van der Waals surface area contributed by atoms with Gasteiger partial charge in [-0.15, -0.1) is 5.92 Å². The molecule has 0 spiro atoms. The third-order valence-corrected chi connectivity index (χ3v) is 1.33. The van der Waals surface area contributed by atoms with Crippen LogP contribution in [0.5, 0.6) is 0 Å². The van der Waals surface area contributed by atoms with Crippen LogP contribution in [0.3, 0.4) is 0 Å². The number of isocyanates is 1. The van der Waals surface area contributed by atoms with Crippen LogP contribution in [0.1, 0.15) is 12.5 Å². The Balaban J connectivity index is 3.22. The minimum absolute atomic E-state index is 0.571. The number of carbonyl (C=O) groups excluding carboxylic acids is 1. The van der Waals surface area contributed by atoms with Gasteiger partial charge in [0.15, 0.2) is 0 Å². The van der Waals surface area contributed by atoms with Crippen molar-refractivity contribution in [1.82, 2.24) is 0 Å². The summed E-state index contributed by atoms with van der Waals surface area (Å²) >= 11 is 0. The molecule has 58 valence electrons. The first kappa shape index (κ1) is 8.26. The van der Waals surface area contributed by atoms with Gasteiger partial charge in [0.1, 0.15) is 0 Å². The Labute approximate surface area is 70.9 Å². The van der Waals surface area contributed by atoms with Gasteiger partial charge in [0.05, 0.1) is 11.3 Å². The molecule has 0 bridgehead atoms. The fourth-order valence-electron chi connectivity index (χ4n) is 0.861. The molecule has 0 fully saturated rings. The zero-order valence-corrected chi connectivity index (χ0v) is 6.66. The van der Waals surface area contributed by atoms with Gasteiger partial charge in [-0.3, -0.25) is 0 Å². The van der Waals surface area contributed by atoms with Gasteiger partial charge in [-0.05, 0) is 19.1 Å². The number of para-hydroxylation sites is 1. The van der Waals surface area contributed by atoms with Gasteiger partial charge in [0, 0.05) is 0 Å². The van der Waals surface area contributed by atoms with E-state index >= 15 is 0 Å². The normalized spacial score (nSPS) is 7.75. The van der Waals surface area contributed by atoms with Gasteiger partial charge < -0.3 is 0 Å². The van der Waals surface area contributed by atoms with Crippen molar-refractivity contribution < 1.29 is 4.79 Å². The van der Waals surface area contributed by atoms with Crippen molar-refractivity contribution in [1.29, 1.82) is 0 Å². The van der Waals surface area contributed by atoms with Crippen molar-refractivity contribution in [2.45, 2.75) is 6.92 Å². The summed E-state index contributed by atoms with van der Waals surface area (Å²) in [6.45, 7) is 1.74. The van der Waals surface area contributed by atoms with Gasteiger partial charge in [0.2, 0.25) is 6.08 Å². The molecule has 0 atom stereocenters. The third kappa shape index (κ3) is 1.82. The van der Waals surface area contributed by atoms with E-state index in [9.17, 15) is 4.79 Å². The highest BCUT2D eigenvalue weighted by Crippen LogP contribution is 2.15. The van der Waals surface area contributed by atoms with Crippen LogP contribution in [0.4, 0.5) is 5.69 Å². The van der Waals surface area contributed by atoms with Gasteiger partial charge in [-0.2, -0.15) is 4.99 Å². The molecule has 0 amide bonds. The smallest absolute Gasteiger partial charge is 0.211 e. The summed E-state index contributed by atoms with van der Waals surface area (Å²) in [5.41, 5.74) is 1.32. The van der Waals surface area contributed by atoms with Crippen molar-refractivity contribution >= 4 is 11.8 Å². The molecule has 0 aliphatic heterocycles. The van der Waals surface area contributed by atoms with Crippen LogP contribution < -0.4 is 0 Å². The van der Waals surface area contributed by atoms with E-state index in [0.29, 0.717) is 5.69 Å². The molecule has 1 aromatic carbocycles. The third-order valence-electron chi connectivity index (χ3n) is 1.33.